The molecule has 0 atom stereocenters. The summed E-state index contributed by atoms with van der Waals surface area (Å²) in [6, 6.07) is 6.04. The van der Waals surface area contributed by atoms with Gasteiger partial charge in [-0.25, -0.2) is 0 Å². The number of benzene rings is 1. The molecule has 1 aliphatic rings. The molecular weight excluding hydrogens is 284 g/mol. The van der Waals surface area contributed by atoms with Crippen LogP contribution in [0.5, 0.6) is 5.75 Å². The summed E-state index contributed by atoms with van der Waals surface area (Å²) in [5.41, 5.74) is 2.06. The normalized spacial score (nSPS) is 15.9. The first-order chi connectivity index (χ1) is 10.3. The Morgan fingerprint density at radius 2 is 2.14 bits per heavy atom. The lowest BCUT2D eigenvalue weighted by atomic mass is 10.3. The van der Waals surface area contributed by atoms with Crippen molar-refractivity contribution in [3.63, 3.8) is 0 Å². The van der Waals surface area contributed by atoms with Gasteiger partial charge < -0.3 is 19.0 Å². The van der Waals surface area contributed by atoms with E-state index in [1.165, 1.54) is 25.7 Å². The molecule has 0 amide bonds. The van der Waals surface area contributed by atoms with Gasteiger partial charge in [0, 0.05) is 6.54 Å². The van der Waals surface area contributed by atoms with Gasteiger partial charge in [-0.1, -0.05) is 18.9 Å². The Morgan fingerprint density at radius 3 is 2.90 bits per heavy atom. The lowest BCUT2D eigenvalue weighted by Gasteiger charge is -2.12. The molecule has 3 rings (SSSR count). The molecule has 1 aromatic carbocycles. The number of ether oxygens (including phenoxy) is 2. The monoisotopic (exact) mass is 306 g/mol. The molecule has 0 saturated heterocycles. The van der Waals surface area contributed by atoms with Crippen LogP contribution in [0, 0.1) is 4.77 Å². The maximum absolute atomic E-state index is 5.95. The van der Waals surface area contributed by atoms with Gasteiger partial charge in [-0.15, -0.1) is 0 Å². The fourth-order valence-corrected chi connectivity index (χ4v) is 3.31. The molecular formula is C16H22N2O2S. The van der Waals surface area contributed by atoms with E-state index in [1.54, 1.807) is 0 Å². The number of imidazole rings is 1. The summed E-state index contributed by atoms with van der Waals surface area (Å²) in [7, 11) is 0. The van der Waals surface area contributed by atoms with Crippen molar-refractivity contribution in [3.05, 3.63) is 23.0 Å². The molecule has 114 valence electrons. The van der Waals surface area contributed by atoms with Crippen LogP contribution in [0.25, 0.3) is 11.0 Å². The Hall–Kier alpha value is -1.33. The van der Waals surface area contributed by atoms with Gasteiger partial charge in [-0.05, 0) is 44.1 Å². The van der Waals surface area contributed by atoms with Gasteiger partial charge in [0.15, 0.2) is 4.77 Å². The van der Waals surface area contributed by atoms with Crippen molar-refractivity contribution in [2.45, 2.75) is 45.3 Å². The number of fused-ring (bicyclic) bond motifs is 1. The average Bonchev–Trinajstić information content (AvgIpc) is 3.09. The van der Waals surface area contributed by atoms with Crippen molar-refractivity contribution >= 4 is 23.3 Å². The molecule has 1 fully saturated rings. The van der Waals surface area contributed by atoms with E-state index in [2.05, 4.69) is 15.6 Å². The standard InChI is InChI=1S/C16H22N2O2S/c1-2-19-14-9-5-8-13-15(14)17-16(21)18(13)10-11-20-12-6-3-4-7-12/h5,8-9,12H,2-4,6-7,10-11H2,1H3,(H,17,21). The highest BCUT2D eigenvalue weighted by molar-refractivity contribution is 7.71. The Balaban J connectivity index is 1.76. The summed E-state index contributed by atoms with van der Waals surface area (Å²) in [4.78, 5) is 3.26. The number of aromatic nitrogens is 2. The smallest absolute Gasteiger partial charge is 0.178 e. The van der Waals surface area contributed by atoms with Gasteiger partial charge in [0.05, 0.1) is 24.8 Å². The van der Waals surface area contributed by atoms with Gasteiger partial charge in [0.1, 0.15) is 11.3 Å². The van der Waals surface area contributed by atoms with Crippen LogP contribution in [0.15, 0.2) is 18.2 Å². The van der Waals surface area contributed by atoms with E-state index < -0.39 is 0 Å². The SMILES string of the molecule is CCOc1cccc2c1[nH]c(=S)n2CCOC1CCCC1. The van der Waals surface area contributed by atoms with Crippen molar-refractivity contribution < 1.29 is 9.47 Å². The zero-order valence-corrected chi connectivity index (χ0v) is 13.2. The van der Waals surface area contributed by atoms with Gasteiger partial charge >= 0.3 is 0 Å². The van der Waals surface area contributed by atoms with E-state index >= 15 is 0 Å². The maximum atomic E-state index is 5.95. The Labute approximate surface area is 130 Å². The van der Waals surface area contributed by atoms with E-state index in [4.69, 9.17) is 21.7 Å². The minimum absolute atomic E-state index is 0.448. The van der Waals surface area contributed by atoms with E-state index in [0.717, 1.165) is 28.1 Å². The van der Waals surface area contributed by atoms with Crippen LogP contribution in [0.1, 0.15) is 32.6 Å². The molecule has 5 heteroatoms. The van der Waals surface area contributed by atoms with Crippen LogP contribution >= 0.6 is 12.2 Å². The molecule has 1 N–H and O–H groups in total. The third-order valence-corrected chi connectivity index (χ3v) is 4.37. The second kappa shape index (κ2) is 6.62. The van der Waals surface area contributed by atoms with Crippen molar-refractivity contribution in [1.82, 2.24) is 9.55 Å². The molecule has 4 nitrogen and oxygen atoms in total. The number of hydrogen-bond acceptors (Lipinski definition) is 3. The fraction of sp³-hybridized carbons (Fsp3) is 0.562. The molecule has 1 saturated carbocycles. The molecule has 0 spiro atoms. The largest absolute Gasteiger partial charge is 0.492 e. The van der Waals surface area contributed by atoms with Crippen molar-refractivity contribution in [1.29, 1.82) is 0 Å². The van der Waals surface area contributed by atoms with Crippen molar-refractivity contribution in [2.75, 3.05) is 13.2 Å². The molecule has 0 aliphatic heterocycles. The second-order valence-corrected chi connectivity index (χ2v) is 5.83. The zero-order valence-electron chi connectivity index (χ0n) is 12.4. The maximum Gasteiger partial charge on any atom is 0.178 e. The first kappa shape index (κ1) is 14.6. The summed E-state index contributed by atoms with van der Waals surface area (Å²) in [6.45, 7) is 4.13. The topological polar surface area (TPSA) is 39.2 Å². The molecule has 21 heavy (non-hydrogen) atoms. The van der Waals surface area contributed by atoms with Crippen molar-refractivity contribution in [2.24, 2.45) is 0 Å². The number of para-hydroxylation sites is 1. The van der Waals surface area contributed by atoms with Gasteiger partial charge in [-0.2, -0.15) is 0 Å². The summed E-state index contributed by atoms with van der Waals surface area (Å²) >= 11 is 5.44. The van der Waals surface area contributed by atoms with E-state index in [0.29, 0.717) is 19.3 Å². The summed E-state index contributed by atoms with van der Waals surface area (Å²) < 4.78 is 14.4. The molecule has 1 aromatic heterocycles. The fourth-order valence-electron chi connectivity index (χ4n) is 3.02. The lowest BCUT2D eigenvalue weighted by molar-refractivity contribution is 0.0533. The van der Waals surface area contributed by atoms with Crippen LogP contribution < -0.4 is 4.74 Å². The highest BCUT2D eigenvalue weighted by Gasteiger charge is 2.15. The summed E-state index contributed by atoms with van der Waals surface area (Å²) in [6.07, 6.45) is 5.45. The van der Waals surface area contributed by atoms with E-state index in [1.807, 2.05) is 19.1 Å². The molecule has 0 bridgehead atoms. The molecule has 0 radical (unpaired) electrons. The van der Waals surface area contributed by atoms with E-state index in [-0.39, 0.29) is 0 Å². The number of hydrogen-bond donors (Lipinski definition) is 1. The van der Waals surface area contributed by atoms with Crippen LogP contribution in [-0.4, -0.2) is 28.9 Å². The number of nitrogens with zero attached hydrogens (tertiary/aromatic N) is 1. The van der Waals surface area contributed by atoms with Crippen LogP contribution in [-0.2, 0) is 11.3 Å². The van der Waals surface area contributed by atoms with Gasteiger partial charge in [0.2, 0.25) is 0 Å². The number of nitrogens with one attached hydrogen (secondary N) is 1. The Bertz CT molecular complexity index is 656. The Morgan fingerprint density at radius 1 is 1.33 bits per heavy atom. The quantitative estimate of drug-likeness (QED) is 0.818. The second-order valence-electron chi connectivity index (χ2n) is 5.44. The number of rotatable bonds is 6. The molecule has 0 unspecified atom stereocenters. The number of aromatic amines is 1. The zero-order chi connectivity index (χ0) is 14.7. The van der Waals surface area contributed by atoms with Crippen LogP contribution in [0.4, 0.5) is 0 Å². The minimum atomic E-state index is 0.448. The third-order valence-electron chi connectivity index (χ3n) is 4.04. The third kappa shape index (κ3) is 3.14. The first-order valence-electron chi connectivity index (χ1n) is 7.75. The van der Waals surface area contributed by atoms with Gasteiger partial charge in [-0.3, -0.25) is 0 Å². The average molecular weight is 306 g/mol. The molecule has 1 aliphatic carbocycles. The van der Waals surface area contributed by atoms with Crippen LogP contribution in [0.3, 0.4) is 0 Å². The Kier molecular flexibility index (Phi) is 4.60. The lowest BCUT2D eigenvalue weighted by Crippen LogP contribution is -2.13. The first-order valence-corrected chi connectivity index (χ1v) is 8.16. The van der Waals surface area contributed by atoms with Crippen LogP contribution in [0.2, 0.25) is 0 Å². The highest BCUT2D eigenvalue weighted by atomic mass is 32.1. The minimum Gasteiger partial charge on any atom is -0.492 e. The predicted octanol–water partition coefficient (Wildman–Crippen LogP) is 4.06. The molecule has 1 heterocycles. The summed E-state index contributed by atoms with van der Waals surface area (Å²) in [5.74, 6) is 0.858. The number of H-pyrrole nitrogens is 1. The summed E-state index contributed by atoms with van der Waals surface area (Å²) in [5, 5.41) is 0. The predicted molar refractivity (Wildman–Crippen MR) is 86.5 cm³/mol. The van der Waals surface area contributed by atoms with Crippen molar-refractivity contribution in [3.8, 4) is 5.75 Å². The highest BCUT2D eigenvalue weighted by Crippen LogP contribution is 2.25. The van der Waals surface area contributed by atoms with E-state index in [9.17, 15) is 0 Å². The molecule has 2 aromatic rings. The van der Waals surface area contributed by atoms with Gasteiger partial charge in [0.25, 0.3) is 0 Å².